The van der Waals surface area contributed by atoms with Gasteiger partial charge in [0.2, 0.25) is 11.8 Å². The number of halogens is 2. The fraction of sp³-hybridized carbons (Fsp3) is 0.394. The van der Waals surface area contributed by atoms with Crippen molar-refractivity contribution in [3.05, 3.63) is 88.4 Å². The summed E-state index contributed by atoms with van der Waals surface area (Å²) in [6.07, 6.45) is 5.40. The number of carbonyl (C=O) groups excluding carboxylic acids is 2. The predicted octanol–water partition coefficient (Wildman–Crippen LogP) is 6.84. The highest BCUT2D eigenvalue weighted by Crippen LogP contribution is 2.28. The topological polar surface area (TPSA) is 96.0 Å². The van der Waals surface area contributed by atoms with Gasteiger partial charge in [0.1, 0.15) is 18.3 Å². The van der Waals surface area contributed by atoms with Gasteiger partial charge in [-0.25, -0.2) is 8.42 Å². The normalized spacial score (nSPS) is 14.5. The Morgan fingerprint density at radius 3 is 2.05 bits per heavy atom. The minimum Gasteiger partial charge on any atom is -0.494 e. The third kappa shape index (κ3) is 8.67. The van der Waals surface area contributed by atoms with Crippen molar-refractivity contribution in [2.45, 2.75) is 75.9 Å². The average Bonchev–Trinajstić information content (AvgIpc) is 3.02. The van der Waals surface area contributed by atoms with Crippen molar-refractivity contribution in [1.82, 2.24) is 10.2 Å². The number of hydrogen-bond acceptors (Lipinski definition) is 5. The van der Waals surface area contributed by atoms with Crippen LogP contribution in [0.15, 0.2) is 77.7 Å². The molecule has 1 aliphatic rings. The Kier molecular flexibility index (Phi) is 11.9. The van der Waals surface area contributed by atoms with Gasteiger partial charge in [0.25, 0.3) is 10.0 Å². The number of nitrogens with one attached hydrogen (secondary N) is 1. The maximum absolute atomic E-state index is 14.3. The van der Waals surface area contributed by atoms with Crippen molar-refractivity contribution in [3.8, 4) is 5.75 Å². The maximum Gasteiger partial charge on any atom is 0.264 e. The lowest BCUT2D eigenvalue weighted by atomic mass is 9.95. The van der Waals surface area contributed by atoms with Crippen LogP contribution in [0.3, 0.4) is 0 Å². The molecule has 8 nitrogen and oxygen atoms in total. The lowest BCUT2D eigenvalue weighted by molar-refractivity contribution is -0.140. The standard InChI is InChI=1S/C33H39Cl2N3O5S/c1-3-31(33(40)36-27-8-6-5-7-9-27)37(22-24-10-12-25(34)13-11-24)32(39)23-38(28-16-18-29(19-17-28)43-4-2)44(41,42)30-20-14-26(35)15-21-30/h10-21,27,31H,3-9,22-23H2,1-2H3,(H,36,40)/t31-/m1/s1. The first-order valence-electron chi connectivity index (χ1n) is 15.0. The van der Waals surface area contributed by atoms with Crippen LogP contribution >= 0.6 is 23.2 Å². The van der Waals surface area contributed by atoms with Crippen LogP contribution in [-0.2, 0) is 26.2 Å². The van der Waals surface area contributed by atoms with E-state index in [0.717, 1.165) is 42.0 Å². The van der Waals surface area contributed by atoms with E-state index in [9.17, 15) is 18.0 Å². The Morgan fingerprint density at radius 1 is 0.886 bits per heavy atom. The Morgan fingerprint density at radius 2 is 1.48 bits per heavy atom. The molecule has 3 aromatic rings. The minimum atomic E-state index is -4.21. The molecule has 0 aliphatic heterocycles. The van der Waals surface area contributed by atoms with Crippen molar-refractivity contribution in [3.63, 3.8) is 0 Å². The van der Waals surface area contributed by atoms with Gasteiger partial charge in [-0.05, 0) is 92.4 Å². The molecule has 1 aliphatic carbocycles. The third-order valence-corrected chi connectivity index (χ3v) is 10.0. The van der Waals surface area contributed by atoms with Gasteiger partial charge in [-0.1, -0.05) is 61.5 Å². The number of hydrogen-bond donors (Lipinski definition) is 1. The number of ether oxygens (including phenoxy) is 1. The molecule has 3 aromatic carbocycles. The summed E-state index contributed by atoms with van der Waals surface area (Å²) in [4.78, 5) is 29.4. The van der Waals surface area contributed by atoms with Crippen molar-refractivity contribution in [2.24, 2.45) is 0 Å². The van der Waals surface area contributed by atoms with E-state index in [1.807, 2.05) is 13.8 Å². The molecule has 0 unspecified atom stereocenters. The number of carbonyl (C=O) groups is 2. The summed E-state index contributed by atoms with van der Waals surface area (Å²) >= 11 is 12.1. The first kappa shape index (κ1) is 33.6. The second kappa shape index (κ2) is 15.6. The predicted molar refractivity (Wildman–Crippen MR) is 175 cm³/mol. The van der Waals surface area contributed by atoms with Crippen LogP contribution < -0.4 is 14.4 Å². The van der Waals surface area contributed by atoms with Gasteiger partial charge in [-0.15, -0.1) is 0 Å². The van der Waals surface area contributed by atoms with Crippen molar-refractivity contribution >= 4 is 50.7 Å². The monoisotopic (exact) mass is 659 g/mol. The molecule has 1 fully saturated rings. The van der Waals surface area contributed by atoms with Crippen molar-refractivity contribution in [2.75, 3.05) is 17.5 Å². The first-order chi connectivity index (χ1) is 21.1. The largest absolute Gasteiger partial charge is 0.494 e. The van der Waals surface area contributed by atoms with E-state index in [1.54, 1.807) is 48.5 Å². The lowest BCUT2D eigenvalue weighted by Gasteiger charge is -2.34. The van der Waals surface area contributed by atoms with Gasteiger partial charge in [0.05, 0.1) is 17.2 Å². The second-order valence-corrected chi connectivity index (χ2v) is 13.5. The Labute approximate surface area is 270 Å². The molecule has 11 heteroatoms. The number of amides is 2. The first-order valence-corrected chi connectivity index (χ1v) is 17.2. The molecule has 0 heterocycles. The van der Waals surface area contributed by atoms with Gasteiger partial charge >= 0.3 is 0 Å². The molecular weight excluding hydrogens is 621 g/mol. The number of nitrogens with zero attached hydrogens (tertiary/aromatic N) is 2. The molecule has 236 valence electrons. The molecule has 1 atom stereocenters. The maximum atomic E-state index is 14.3. The summed E-state index contributed by atoms with van der Waals surface area (Å²) in [6, 6.07) is 18.6. The molecule has 1 saturated carbocycles. The Hall–Kier alpha value is -3.27. The average molecular weight is 661 g/mol. The van der Waals surface area contributed by atoms with E-state index in [4.69, 9.17) is 27.9 Å². The molecule has 0 bridgehead atoms. The Bertz CT molecular complexity index is 1490. The third-order valence-electron chi connectivity index (χ3n) is 7.72. The molecule has 0 spiro atoms. The fourth-order valence-electron chi connectivity index (χ4n) is 5.39. The minimum absolute atomic E-state index is 0.0186. The van der Waals surface area contributed by atoms with Crippen LogP contribution in [0.2, 0.25) is 10.0 Å². The molecule has 4 rings (SSSR count). The lowest BCUT2D eigenvalue weighted by Crippen LogP contribution is -2.54. The number of rotatable bonds is 13. The summed E-state index contributed by atoms with van der Waals surface area (Å²) < 4.78 is 34.7. The highest BCUT2D eigenvalue weighted by molar-refractivity contribution is 7.92. The number of benzene rings is 3. The molecule has 1 N–H and O–H groups in total. The van der Waals surface area contributed by atoms with Gasteiger partial charge in [-0.3, -0.25) is 13.9 Å². The van der Waals surface area contributed by atoms with Crippen molar-refractivity contribution in [1.29, 1.82) is 0 Å². The molecular formula is C33H39Cl2N3O5S. The van der Waals surface area contributed by atoms with Gasteiger partial charge in [0.15, 0.2) is 0 Å². The Balaban J connectivity index is 1.70. The fourth-order valence-corrected chi connectivity index (χ4v) is 7.05. The van der Waals surface area contributed by atoms with Gasteiger partial charge < -0.3 is 15.0 Å². The van der Waals surface area contributed by atoms with Gasteiger partial charge in [0, 0.05) is 22.6 Å². The van der Waals surface area contributed by atoms with E-state index in [-0.39, 0.29) is 29.1 Å². The van der Waals surface area contributed by atoms with E-state index >= 15 is 0 Å². The van der Waals surface area contributed by atoms with E-state index in [0.29, 0.717) is 28.8 Å². The summed E-state index contributed by atoms with van der Waals surface area (Å²) in [6.45, 7) is 3.73. The van der Waals surface area contributed by atoms with E-state index in [2.05, 4.69) is 5.32 Å². The second-order valence-electron chi connectivity index (χ2n) is 10.8. The number of anilines is 1. The smallest absolute Gasteiger partial charge is 0.264 e. The zero-order valence-corrected chi connectivity index (χ0v) is 27.4. The van der Waals surface area contributed by atoms with Gasteiger partial charge in [-0.2, -0.15) is 0 Å². The van der Waals surface area contributed by atoms with Crippen molar-refractivity contribution < 1.29 is 22.7 Å². The highest BCUT2D eigenvalue weighted by Gasteiger charge is 2.34. The van der Waals surface area contributed by atoms with Crippen LogP contribution in [0.5, 0.6) is 5.75 Å². The van der Waals surface area contributed by atoms with E-state index in [1.165, 1.54) is 29.2 Å². The summed E-state index contributed by atoms with van der Waals surface area (Å²) in [5.74, 6) is -0.187. The summed E-state index contributed by atoms with van der Waals surface area (Å²) in [7, 11) is -4.21. The van der Waals surface area contributed by atoms with Crippen LogP contribution in [-0.4, -0.2) is 50.4 Å². The van der Waals surface area contributed by atoms with Crippen LogP contribution in [0.1, 0.15) is 57.9 Å². The van der Waals surface area contributed by atoms with E-state index < -0.39 is 28.5 Å². The SMILES string of the molecule is CCOc1ccc(N(CC(=O)N(Cc2ccc(Cl)cc2)[C@H](CC)C(=O)NC2CCCCC2)S(=O)(=O)c2ccc(Cl)cc2)cc1. The molecule has 2 amide bonds. The molecule has 0 radical (unpaired) electrons. The molecule has 44 heavy (non-hydrogen) atoms. The summed E-state index contributed by atoms with van der Waals surface area (Å²) in [5, 5.41) is 4.08. The number of sulfonamides is 1. The van der Waals surface area contributed by atoms with Crippen LogP contribution in [0.25, 0.3) is 0 Å². The van der Waals surface area contributed by atoms with Crippen LogP contribution in [0, 0.1) is 0 Å². The molecule has 0 aromatic heterocycles. The zero-order chi connectivity index (χ0) is 31.7. The summed E-state index contributed by atoms with van der Waals surface area (Å²) in [5.41, 5.74) is 1.04. The quantitative estimate of drug-likeness (QED) is 0.217. The highest BCUT2D eigenvalue weighted by atomic mass is 35.5. The van der Waals surface area contributed by atoms with Crippen LogP contribution in [0.4, 0.5) is 5.69 Å². The zero-order valence-electron chi connectivity index (χ0n) is 25.0. The molecule has 0 saturated heterocycles.